The number of carbonyl (C=O) groups excluding carboxylic acids is 1. The molecule has 0 radical (unpaired) electrons. The zero-order valence-corrected chi connectivity index (χ0v) is 14.8. The molecule has 0 fully saturated rings. The number of fused-ring (bicyclic) bond motifs is 1. The first-order chi connectivity index (χ1) is 11.6. The smallest absolute Gasteiger partial charge is 0.221 e. The fourth-order valence-corrected chi connectivity index (χ4v) is 3.56. The molecule has 0 aliphatic carbocycles. The predicted molar refractivity (Wildman–Crippen MR) is 98.2 cm³/mol. The van der Waals surface area contributed by atoms with E-state index in [-0.39, 0.29) is 5.91 Å². The maximum atomic E-state index is 12.1. The number of para-hydroxylation sites is 1. The molecule has 2 aromatic heterocycles. The van der Waals surface area contributed by atoms with Crippen molar-refractivity contribution in [2.24, 2.45) is 7.05 Å². The van der Waals surface area contributed by atoms with E-state index in [1.165, 1.54) is 16.6 Å². The molecule has 1 amide bonds. The van der Waals surface area contributed by atoms with E-state index in [2.05, 4.69) is 40.0 Å². The van der Waals surface area contributed by atoms with Crippen LogP contribution in [0.5, 0.6) is 0 Å². The summed E-state index contributed by atoms with van der Waals surface area (Å²) in [6.07, 6.45) is 4.20. The van der Waals surface area contributed by atoms with Crippen LogP contribution in [0.15, 0.2) is 47.9 Å². The Bertz CT molecular complexity index is 837. The molecule has 1 N–H and O–H groups in total. The number of aromatic nitrogens is 3. The molecule has 0 unspecified atom stereocenters. The van der Waals surface area contributed by atoms with Crippen LogP contribution in [0.2, 0.25) is 0 Å². The van der Waals surface area contributed by atoms with Crippen LogP contribution in [0.25, 0.3) is 10.9 Å². The molecule has 0 aliphatic rings. The van der Waals surface area contributed by atoms with Gasteiger partial charge in [0.05, 0.1) is 0 Å². The fourth-order valence-electron chi connectivity index (χ4n) is 2.77. The molecule has 126 valence electrons. The van der Waals surface area contributed by atoms with Crippen molar-refractivity contribution in [1.82, 2.24) is 19.4 Å². The molecule has 0 bridgehead atoms. The lowest BCUT2D eigenvalue weighted by atomic mass is 10.2. The highest BCUT2D eigenvalue weighted by Crippen LogP contribution is 2.19. The first-order valence-electron chi connectivity index (χ1n) is 8.07. The summed E-state index contributed by atoms with van der Waals surface area (Å²) >= 11 is 1.65. The van der Waals surface area contributed by atoms with Gasteiger partial charge in [-0.15, -0.1) is 0 Å². The van der Waals surface area contributed by atoms with Crippen LogP contribution >= 0.6 is 11.8 Å². The van der Waals surface area contributed by atoms with Crippen LogP contribution in [0.1, 0.15) is 12.1 Å². The van der Waals surface area contributed by atoms with E-state index in [1.54, 1.807) is 18.0 Å². The van der Waals surface area contributed by atoms with Gasteiger partial charge in [-0.05, 0) is 24.4 Å². The van der Waals surface area contributed by atoms with Gasteiger partial charge in [0.15, 0.2) is 5.16 Å². The largest absolute Gasteiger partial charge is 0.355 e. The minimum absolute atomic E-state index is 0.0904. The number of benzene rings is 1. The Morgan fingerprint density at radius 3 is 2.96 bits per heavy atom. The first-order valence-corrected chi connectivity index (χ1v) is 9.05. The first kappa shape index (κ1) is 16.6. The van der Waals surface area contributed by atoms with Gasteiger partial charge in [0.25, 0.3) is 0 Å². The van der Waals surface area contributed by atoms with Crippen molar-refractivity contribution in [2.75, 3.05) is 12.3 Å². The average molecular weight is 342 g/mol. The minimum Gasteiger partial charge on any atom is -0.355 e. The van der Waals surface area contributed by atoms with E-state index < -0.39 is 0 Å². The number of nitrogens with zero attached hydrogens (tertiary/aromatic N) is 3. The summed E-state index contributed by atoms with van der Waals surface area (Å²) in [5, 5.41) is 5.18. The van der Waals surface area contributed by atoms with Gasteiger partial charge >= 0.3 is 0 Å². The molecule has 5 nitrogen and oxygen atoms in total. The average Bonchev–Trinajstić information content (AvgIpc) is 3.12. The molecular weight excluding hydrogens is 320 g/mol. The van der Waals surface area contributed by atoms with Crippen molar-refractivity contribution in [1.29, 1.82) is 0 Å². The van der Waals surface area contributed by atoms with Gasteiger partial charge in [0.2, 0.25) is 5.91 Å². The minimum atomic E-state index is 0.0904. The topological polar surface area (TPSA) is 51.9 Å². The molecule has 2 heterocycles. The lowest BCUT2D eigenvalue weighted by molar-refractivity contribution is -0.121. The zero-order valence-electron chi connectivity index (χ0n) is 14.0. The number of amides is 1. The van der Waals surface area contributed by atoms with E-state index >= 15 is 0 Å². The molecule has 6 heteroatoms. The third kappa shape index (κ3) is 3.82. The normalized spacial score (nSPS) is 11.1. The molecule has 24 heavy (non-hydrogen) atoms. The highest BCUT2D eigenvalue weighted by molar-refractivity contribution is 7.99. The van der Waals surface area contributed by atoms with Crippen molar-refractivity contribution in [3.8, 4) is 0 Å². The molecule has 0 saturated heterocycles. The van der Waals surface area contributed by atoms with Crippen LogP contribution in [0, 0.1) is 6.92 Å². The number of thioether (sulfide) groups is 1. The summed E-state index contributed by atoms with van der Waals surface area (Å²) in [7, 11) is 1.97. The third-order valence-electron chi connectivity index (χ3n) is 4.01. The molecular formula is C18H22N4OS. The third-order valence-corrected chi connectivity index (χ3v) is 5.07. The standard InChI is InChI=1S/C18H22N4OS/c1-14-13-15-5-3-4-6-16(15)22(14)10-7-17(23)19-9-12-24-18-20-8-11-21(18)2/h3-6,8,11,13H,7,9-10,12H2,1-2H3,(H,19,23). The summed E-state index contributed by atoms with van der Waals surface area (Å²) in [4.78, 5) is 16.3. The molecule has 0 spiro atoms. The number of hydrogen-bond donors (Lipinski definition) is 1. The number of imidazole rings is 1. The molecule has 1 aromatic carbocycles. The van der Waals surface area contributed by atoms with E-state index in [9.17, 15) is 4.79 Å². The number of aryl methyl sites for hydroxylation is 3. The van der Waals surface area contributed by atoms with E-state index in [0.29, 0.717) is 19.5 Å². The molecule has 0 atom stereocenters. The van der Waals surface area contributed by atoms with Gasteiger partial charge in [-0.25, -0.2) is 4.98 Å². The molecule has 0 saturated carbocycles. The summed E-state index contributed by atoms with van der Waals surface area (Å²) in [6.45, 7) is 3.45. The van der Waals surface area contributed by atoms with Crippen molar-refractivity contribution in [2.45, 2.75) is 25.0 Å². The molecule has 3 aromatic rings. The number of rotatable bonds is 7. The lowest BCUT2D eigenvalue weighted by Crippen LogP contribution is -2.26. The van der Waals surface area contributed by atoms with Gasteiger partial charge in [-0.1, -0.05) is 30.0 Å². The summed E-state index contributed by atoms with van der Waals surface area (Å²) in [5.74, 6) is 0.912. The maximum Gasteiger partial charge on any atom is 0.221 e. The zero-order chi connectivity index (χ0) is 16.9. The van der Waals surface area contributed by atoms with E-state index in [1.807, 2.05) is 29.9 Å². The highest BCUT2D eigenvalue weighted by atomic mass is 32.2. The van der Waals surface area contributed by atoms with Crippen LogP contribution in [0.3, 0.4) is 0 Å². The van der Waals surface area contributed by atoms with Crippen LogP contribution in [-0.2, 0) is 18.4 Å². The van der Waals surface area contributed by atoms with Crippen molar-refractivity contribution >= 4 is 28.6 Å². The lowest BCUT2D eigenvalue weighted by Gasteiger charge is -2.09. The fraction of sp³-hybridized carbons (Fsp3) is 0.333. The summed E-state index contributed by atoms with van der Waals surface area (Å²) in [6, 6.07) is 10.4. The summed E-state index contributed by atoms with van der Waals surface area (Å²) in [5.41, 5.74) is 2.38. The number of carbonyl (C=O) groups is 1. The second-order valence-electron chi connectivity index (χ2n) is 5.77. The van der Waals surface area contributed by atoms with Crippen LogP contribution in [0.4, 0.5) is 0 Å². The monoisotopic (exact) mass is 342 g/mol. The van der Waals surface area contributed by atoms with Crippen LogP contribution < -0.4 is 5.32 Å². The maximum absolute atomic E-state index is 12.1. The van der Waals surface area contributed by atoms with Crippen LogP contribution in [-0.4, -0.2) is 32.3 Å². The Morgan fingerprint density at radius 1 is 1.33 bits per heavy atom. The van der Waals surface area contributed by atoms with Gasteiger partial charge in [0, 0.05) is 55.9 Å². The summed E-state index contributed by atoms with van der Waals surface area (Å²) < 4.78 is 4.18. The van der Waals surface area contributed by atoms with Crippen molar-refractivity contribution in [3.63, 3.8) is 0 Å². The number of nitrogens with one attached hydrogen (secondary N) is 1. The van der Waals surface area contributed by atoms with Gasteiger partial charge < -0.3 is 14.5 Å². The van der Waals surface area contributed by atoms with Crippen molar-refractivity contribution in [3.05, 3.63) is 48.4 Å². The SMILES string of the molecule is Cc1cc2ccccc2n1CCC(=O)NCCSc1nccn1C. The van der Waals surface area contributed by atoms with Gasteiger partial charge in [-0.2, -0.15) is 0 Å². The van der Waals surface area contributed by atoms with Gasteiger partial charge in [-0.3, -0.25) is 4.79 Å². The Kier molecular flexibility index (Phi) is 5.25. The molecule has 3 rings (SSSR count). The quantitative estimate of drug-likeness (QED) is 0.530. The second kappa shape index (κ2) is 7.57. The van der Waals surface area contributed by atoms with Gasteiger partial charge in [0.1, 0.15) is 0 Å². The Hall–Kier alpha value is -2.21. The van der Waals surface area contributed by atoms with Crippen molar-refractivity contribution < 1.29 is 4.79 Å². The Labute approximate surface area is 146 Å². The molecule has 0 aliphatic heterocycles. The van der Waals surface area contributed by atoms with E-state index in [4.69, 9.17) is 0 Å². The highest BCUT2D eigenvalue weighted by Gasteiger charge is 2.07. The number of hydrogen-bond acceptors (Lipinski definition) is 3. The predicted octanol–water partition coefficient (Wildman–Crippen LogP) is 2.98. The second-order valence-corrected chi connectivity index (χ2v) is 6.83. The van der Waals surface area contributed by atoms with E-state index in [0.717, 1.165) is 10.9 Å². The Morgan fingerprint density at radius 2 is 2.17 bits per heavy atom. The Balaban J connectivity index is 1.45.